The minimum Gasteiger partial charge on any atom is -0.497 e. The summed E-state index contributed by atoms with van der Waals surface area (Å²) in [5.74, 6) is 0.836. The van der Waals surface area contributed by atoms with Crippen molar-refractivity contribution in [1.29, 1.82) is 0 Å². The minimum atomic E-state index is -0.0706. The van der Waals surface area contributed by atoms with Crippen LogP contribution in [-0.2, 0) is 4.74 Å². The number of benzene rings is 2. The van der Waals surface area contributed by atoms with Crippen LogP contribution in [0.3, 0.4) is 0 Å². The molecule has 0 bridgehead atoms. The third kappa shape index (κ3) is 3.58. The van der Waals surface area contributed by atoms with Gasteiger partial charge >= 0.3 is 0 Å². The molecule has 1 amide bonds. The number of nitrogens with two attached hydrogens (primary N) is 1. The van der Waals surface area contributed by atoms with E-state index in [1.807, 2.05) is 53.4 Å². The Balaban J connectivity index is 1.75. The molecule has 1 aliphatic rings. The van der Waals surface area contributed by atoms with E-state index in [0.29, 0.717) is 31.8 Å². The molecule has 0 radical (unpaired) electrons. The molecule has 1 aliphatic heterocycles. The van der Waals surface area contributed by atoms with Crippen molar-refractivity contribution in [3.8, 4) is 16.9 Å². The maximum absolute atomic E-state index is 12.6. The number of carbonyl (C=O) groups excluding carboxylic acids is 1. The zero-order chi connectivity index (χ0) is 16.9. The molecule has 2 aromatic carbocycles. The van der Waals surface area contributed by atoms with E-state index in [-0.39, 0.29) is 12.0 Å². The Labute approximate surface area is 142 Å². The van der Waals surface area contributed by atoms with Crippen LogP contribution in [0.1, 0.15) is 10.4 Å². The predicted molar refractivity (Wildman–Crippen MR) is 93.1 cm³/mol. The molecule has 3 rings (SSSR count). The molecule has 24 heavy (non-hydrogen) atoms. The van der Waals surface area contributed by atoms with Gasteiger partial charge in [-0.15, -0.1) is 0 Å². The van der Waals surface area contributed by atoms with E-state index in [9.17, 15) is 4.79 Å². The first kappa shape index (κ1) is 16.5. The van der Waals surface area contributed by atoms with Crippen molar-refractivity contribution < 1.29 is 14.3 Å². The number of morpholine rings is 1. The Morgan fingerprint density at radius 3 is 2.75 bits per heavy atom. The van der Waals surface area contributed by atoms with Crippen molar-refractivity contribution in [3.63, 3.8) is 0 Å². The largest absolute Gasteiger partial charge is 0.497 e. The van der Waals surface area contributed by atoms with Gasteiger partial charge in [-0.3, -0.25) is 4.79 Å². The number of hydrogen-bond donors (Lipinski definition) is 1. The topological polar surface area (TPSA) is 64.8 Å². The first-order valence-electron chi connectivity index (χ1n) is 8.06. The molecule has 0 unspecified atom stereocenters. The molecule has 1 fully saturated rings. The van der Waals surface area contributed by atoms with Gasteiger partial charge in [0.2, 0.25) is 0 Å². The zero-order valence-electron chi connectivity index (χ0n) is 13.8. The Morgan fingerprint density at radius 1 is 1.25 bits per heavy atom. The van der Waals surface area contributed by atoms with Crippen molar-refractivity contribution in [2.45, 2.75) is 6.10 Å². The molecule has 1 saturated heterocycles. The van der Waals surface area contributed by atoms with Gasteiger partial charge in [-0.1, -0.05) is 24.3 Å². The van der Waals surface area contributed by atoms with Crippen molar-refractivity contribution in [2.24, 2.45) is 5.73 Å². The highest BCUT2D eigenvalue weighted by atomic mass is 16.5. The van der Waals surface area contributed by atoms with Crippen molar-refractivity contribution >= 4 is 5.91 Å². The number of rotatable bonds is 4. The lowest BCUT2D eigenvalue weighted by molar-refractivity contribution is -0.0167. The molecule has 5 nitrogen and oxygen atoms in total. The summed E-state index contributed by atoms with van der Waals surface area (Å²) in [5, 5.41) is 0. The van der Waals surface area contributed by atoms with E-state index in [0.717, 1.165) is 16.9 Å². The average molecular weight is 326 g/mol. The summed E-state index contributed by atoms with van der Waals surface area (Å²) >= 11 is 0. The highest BCUT2D eigenvalue weighted by molar-refractivity contribution is 5.94. The Bertz CT molecular complexity index is 700. The summed E-state index contributed by atoms with van der Waals surface area (Å²) in [6.45, 7) is 2.12. The van der Waals surface area contributed by atoms with Crippen LogP contribution in [0, 0.1) is 0 Å². The second-order valence-corrected chi connectivity index (χ2v) is 5.79. The zero-order valence-corrected chi connectivity index (χ0v) is 13.8. The maximum Gasteiger partial charge on any atom is 0.254 e. The smallest absolute Gasteiger partial charge is 0.254 e. The number of hydrogen-bond acceptors (Lipinski definition) is 4. The molecule has 2 N–H and O–H groups in total. The quantitative estimate of drug-likeness (QED) is 0.935. The first-order valence-corrected chi connectivity index (χ1v) is 8.06. The van der Waals surface area contributed by atoms with Gasteiger partial charge in [-0.2, -0.15) is 0 Å². The fourth-order valence-corrected chi connectivity index (χ4v) is 2.84. The molecule has 0 spiro atoms. The van der Waals surface area contributed by atoms with Crippen LogP contribution in [0.15, 0.2) is 48.5 Å². The van der Waals surface area contributed by atoms with Gasteiger partial charge in [0.05, 0.1) is 19.8 Å². The summed E-state index contributed by atoms with van der Waals surface area (Å²) in [7, 11) is 1.65. The maximum atomic E-state index is 12.6. The second kappa shape index (κ2) is 7.47. The molecule has 0 saturated carbocycles. The number of methoxy groups -OCH3 is 1. The number of carbonyl (C=O) groups is 1. The number of amides is 1. The van der Waals surface area contributed by atoms with E-state index in [4.69, 9.17) is 15.2 Å². The molecule has 5 heteroatoms. The lowest BCUT2D eigenvalue weighted by Crippen LogP contribution is -2.48. The fraction of sp³-hybridized carbons (Fsp3) is 0.316. The summed E-state index contributed by atoms with van der Waals surface area (Å²) in [4.78, 5) is 14.4. The van der Waals surface area contributed by atoms with Crippen molar-refractivity contribution in [2.75, 3.05) is 33.4 Å². The lowest BCUT2D eigenvalue weighted by atomic mass is 10.0. The van der Waals surface area contributed by atoms with E-state index in [2.05, 4.69) is 0 Å². The van der Waals surface area contributed by atoms with Gasteiger partial charge in [0.1, 0.15) is 5.75 Å². The Kier molecular flexibility index (Phi) is 5.13. The normalized spacial score (nSPS) is 17.6. The van der Waals surface area contributed by atoms with Crippen LogP contribution in [0.4, 0.5) is 0 Å². The van der Waals surface area contributed by atoms with Crippen molar-refractivity contribution in [3.05, 3.63) is 54.1 Å². The highest BCUT2D eigenvalue weighted by Gasteiger charge is 2.24. The molecule has 1 atom stereocenters. The van der Waals surface area contributed by atoms with E-state index in [1.165, 1.54) is 0 Å². The van der Waals surface area contributed by atoms with E-state index >= 15 is 0 Å². The van der Waals surface area contributed by atoms with Crippen LogP contribution < -0.4 is 10.5 Å². The molecule has 1 heterocycles. The van der Waals surface area contributed by atoms with Gasteiger partial charge in [-0.25, -0.2) is 0 Å². The molecule has 0 aromatic heterocycles. The third-order valence-electron chi connectivity index (χ3n) is 4.22. The van der Waals surface area contributed by atoms with Gasteiger partial charge in [0.15, 0.2) is 0 Å². The number of ether oxygens (including phenoxy) is 2. The third-order valence-corrected chi connectivity index (χ3v) is 4.22. The number of nitrogens with zero attached hydrogens (tertiary/aromatic N) is 1. The average Bonchev–Trinajstić information content (AvgIpc) is 2.67. The molecule has 0 aliphatic carbocycles. The predicted octanol–water partition coefficient (Wildman–Crippen LogP) is 2.16. The second-order valence-electron chi connectivity index (χ2n) is 5.79. The Hall–Kier alpha value is -2.37. The molecule has 126 valence electrons. The van der Waals surface area contributed by atoms with Crippen LogP contribution >= 0.6 is 0 Å². The summed E-state index contributed by atoms with van der Waals surface area (Å²) in [5.41, 5.74) is 8.43. The first-order chi connectivity index (χ1) is 11.7. The molecule has 2 aromatic rings. The summed E-state index contributed by atoms with van der Waals surface area (Å²) in [6, 6.07) is 15.5. The summed E-state index contributed by atoms with van der Waals surface area (Å²) < 4.78 is 10.8. The van der Waals surface area contributed by atoms with E-state index < -0.39 is 0 Å². The monoisotopic (exact) mass is 326 g/mol. The van der Waals surface area contributed by atoms with Gasteiger partial charge in [-0.05, 0) is 35.4 Å². The standard InChI is InChI=1S/C19H22N2O3/c1-23-17-4-2-3-16(11-17)14-5-7-15(8-6-14)19(22)21-9-10-24-18(12-20)13-21/h2-8,11,18H,9-10,12-13,20H2,1H3/t18-/m1/s1. The fourth-order valence-electron chi connectivity index (χ4n) is 2.84. The van der Waals surface area contributed by atoms with E-state index in [1.54, 1.807) is 7.11 Å². The Morgan fingerprint density at radius 2 is 2.04 bits per heavy atom. The molecular formula is C19H22N2O3. The highest BCUT2D eigenvalue weighted by Crippen LogP contribution is 2.24. The van der Waals surface area contributed by atoms with Crippen LogP contribution in [0.5, 0.6) is 5.75 Å². The van der Waals surface area contributed by atoms with Gasteiger partial charge in [0, 0.05) is 25.2 Å². The SMILES string of the molecule is COc1cccc(-c2ccc(C(=O)N3CCO[C@H](CN)C3)cc2)c1. The summed E-state index contributed by atoms with van der Waals surface area (Å²) in [6.07, 6.45) is -0.0706. The van der Waals surface area contributed by atoms with Gasteiger partial charge < -0.3 is 20.1 Å². The van der Waals surface area contributed by atoms with Crippen LogP contribution in [-0.4, -0.2) is 50.3 Å². The van der Waals surface area contributed by atoms with Gasteiger partial charge in [0.25, 0.3) is 5.91 Å². The molecular weight excluding hydrogens is 304 g/mol. The van der Waals surface area contributed by atoms with Crippen LogP contribution in [0.25, 0.3) is 11.1 Å². The van der Waals surface area contributed by atoms with Crippen molar-refractivity contribution in [1.82, 2.24) is 4.90 Å². The minimum absolute atomic E-state index is 0.0222. The lowest BCUT2D eigenvalue weighted by Gasteiger charge is -2.32. The van der Waals surface area contributed by atoms with Crippen LogP contribution in [0.2, 0.25) is 0 Å².